The average molecular weight is 606 g/mol. The number of hydrogen-bond acceptors (Lipinski definition) is 12. The molecule has 208 valence electrons. The molecule has 13 nitrogen and oxygen atoms in total. The first-order chi connectivity index (χ1) is 19.4. The first-order valence-corrected chi connectivity index (χ1v) is 14.3. The van der Waals surface area contributed by atoms with E-state index in [0.717, 1.165) is 21.9 Å². The number of thiazole rings is 1. The average Bonchev–Trinajstić information content (AvgIpc) is 3.60. The maximum absolute atomic E-state index is 13.1. The molecule has 0 spiro atoms. The zero-order valence-electron chi connectivity index (χ0n) is 20.3. The fourth-order valence-corrected chi connectivity index (χ4v) is 6.95. The zero-order valence-corrected chi connectivity index (χ0v) is 22.7. The molecule has 5 rings (SSSR count). The maximum atomic E-state index is 13.1. The Hall–Kier alpha value is -3.93. The lowest BCUT2D eigenvalue weighted by Crippen LogP contribution is -2.71. The van der Waals surface area contributed by atoms with Crippen LogP contribution in [-0.4, -0.2) is 78.7 Å². The van der Waals surface area contributed by atoms with E-state index in [-0.39, 0.29) is 28.0 Å². The van der Waals surface area contributed by atoms with E-state index in [1.807, 2.05) is 30.3 Å². The van der Waals surface area contributed by atoms with Gasteiger partial charge in [-0.3, -0.25) is 14.5 Å². The highest BCUT2D eigenvalue weighted by atomic mass is 32.2. The topological polar surface area (TPSA) is 174 Å². The molecule has 1 fully saturated rings. The number of aromatic nitrogens is 3. The molecule has 0 saturated carbocycles. The van der Waals surface area contributed by atoms with Gasteiger partial charge in [-0.05, 0) is 23.4 Å². The van der Waals surface area contributed by atoms with Gasteiger partial charge in [0.25, 0.3) is 11.8 Å². The fraction of sp³-hybridized carbons (Fsp3) is 0.217. The van der Waals surface area contributed by atoms with Crippen molar-refractivity contribution in [1.29, 1.82) is 0 Å². The van der Waals surface area contributed by atoms with E-state index in [0.29, 0.717) is 9.93 Å². The molecule has 4 N–H and O–H groups in total. The van der Waals surface area contributed by atoms with Crippen LogP contribution in [-0.2, 0) is 24.3 Å². The maximum Gasteiger partial charge on any atom is 0.353 e. The minimum absolute atomic E-state index is 0.0589. The monoisotopic (exact) mass is 605 g/mol. The van der Waals surface area contributed by atoms with Gasteiger partial charge in [-0.2, -0.15) is 9.99 Å². The highest BCUT2D eigenvalue weighted by Crippen LogP contribution is 2.45. The van der Waals surface area contributed by atoms with E-state index in [1.165, 1.54) is 28.9 Å². The molecule has 2 aromatic heterocycles. The van der Waals surface area contributed by atoms with Crippen molar-refractivity contribution in [3.8, 4) is 5.69 Å². The molecule has 3 aromatic rings. The van der Waals surface area contributed by atoms with Crippen LogP contribution in [0.4, 0.5) is 9.52 Å². The lowest BCUT2D eigenvalue weighted by Gasteiger charge is -2.49. The predicted octanol–water partition coefficient (Wildman–Crippen LogP) is 2.02. The molecular weight excluding hydrogens is 585 g/mol. The number of carbonyl (C=O) groups is 3. The lowest BCUT2D eigenvalue weighted by molar-refractivity contribution is -0.296. The fourth-order valence-electron chi connectivity index (χ4n) is 3.87. The number of thioether (sulfide) groups is 2. The van der Waals surface area contributed by atoms with Crippen molar-refractivity contribution in [3.05, 3.63) is 64.3 Å². The second-order valence-electron chi connectivity index (χ2n) is 8.05. The van der Waals surface area contributed by atoms with Gasteiger partial charge in [0.1, 0.15) is 41.1 Å². The number of rotatable bonds is 11. The summed E-state index contributed by atoms with van der Waals surface area (Å²) >= 11 is 3.55. The number of anilines is 1. The Balaban J connectivity index is 1.34. The predicted molar refractivity (Wildman–Crippen MR) is 145 cm³/mol. The lowest BCUT2D eigenvalue weighted by atomic mass is 10.0. The van der Waals surface area contributed by atoms with Crippen molar-refractivity contribution in [1.82, 2.24) is 25.0 Å². The van der Waals surface area contributed by atoms with Crippen LogP contribution >= 0.6 is 34.9 Å². The molecule has 2 amide bonds. The number of halogens is 1. The summed E-state index contributed by atoms with van der Waals surface area (Å²) in [6.45, 7) is -1.25. The van der Waals surface area contributed by atoms with Crippen LogP contribution in [0.5, 0.6) is 0 Å². The number of β-lactam (4-membered cyclic amide) rings is 1. The summed E-state index contributed by atoms with van der Waals surface area (Å²) in [5.74, 6) is -2.43. The largest absolute Gasteiger partial charge is 0.477 e. The summed E-state index contributed by atoms with van der Waals surface area (Å²) in [5.41, 5.74) is 6.01. The van der Waals surface area contributed by atoms with E-state index >= 15 is 0 Å². The van der Waals surface area contributed by atoms with E-state index in [1.54, 1.807) is 16.9 Å². The second-order valence-corrected chi connectivity index (χ2v) is 11.2. The number of oxime groups is 1. The first kappa shape index (κ1) is 27.6. The second kappa shape index (κ2) is 12.1. The molecule has 0 aliphatic carbocycles. The summed E-state index contributed by atoms with van der Waals surface area (Å²) in [6, 6.07) is 10.1. The van der Waals surface area contributed by atoms with E-state index in [4.69, 9.17) is 5.73 Å². The summed E-state index contributed by atoms with van der Waals surface area (Å²) in [7, 11) is 0. The number of amides is 2. The van der Waals surface area contributed by atoms with E-state index in [2.05, 4.69) is 30.4 Å². The normalized spacial score (nSPS) is 18.8. The van der Waals surface area contributed by atoms with Crippen molar-refractivity contribution < 1.29 is 33.8 Å². The van der Waals surface area contributed by atoms with Crippen LogP contribution in [0.15, 0.2) is 68.8 Å². The number of nitrogens with zero attached hydrogens (tertiary/aromatic N) is 5. The number of hydrogen-bond donors (Lipinski definition) is 3. The molecule has 2 aliphatic rings. The minimum atomic E-state index is -1.27. The highest BCUT2D eigenvalue weighted by Gasteiger charge is 2.54. The third kappa shape index (κ3) is 5.53. The summed E-state index contributed by atoms with van der Waals surface area (Å²) in [6.07, 6.45) is 1.61. The van der Waals surface area contributed by atoms with E-state index < -0.39 is 42.5 Å². The molecule has 17 heteroatoms. The zero-order chi connectivity index (χ0) is 28.2. The van der Waals surface area contributed by atoms with Crippen molar-refractivity contribution in [3.63, 3.8) is 0 Å². The minimum Gasteiger partial charge on any atom is -0.477 e. The third-order valence-corrected chi connectivity index (χ3v) is 8.82. The van der Waals surface area contributed by atoms with Gasteiger partial charge in [-0.25, -0.2) is 23.8 Å². The van der Waals surface area contributed by atoms with Gasteiger partial charge in [-0.1, -0.05) is 30.0 Å². The number of fused-ring (bicyclic) bond motifs is 1. The quantitative estimate of drug-likeness (QED) is 0.0959. The Labute approximate surface area is 238 Å². The van der Waals surface area contributed by atoms with Crippen molar-refractivity contribution in [2.75, 3.05) is 24.8 Å². The van der Waals surface area contributed by atoms with Crippen molar-refractivity contribution >= 4 is 63.5 Å². The molecule has 1 aromatic carbocycles. The van der Waals surface area contributed by atoms with Gasteiger partial charge in [0.05, 0.1) is 11.9 Å². The molecular formula is C23H20FN7O6S3. The van der Waals surface area contributed by atoms with Gasteiger partial charge in [0, 0.05) is 16.0 Å². The van der Waals surface area contributed by atoms with Crippen LogP contribution in [0.1, 0.15) is 5.69 Å². The number of carbonyl (C=O) groups excluding carboxylic acids is 2. The molecule has 2 atom stereocenters. The highest BCUT2D eigenvalue weighted by molar-refractivity contribution is 8.06. The van der Waals surface area contributed by atoms with Gasteiger partial charge >= 0.3 is 5.97 Å². The summed E-state index contributed by atoms with van der Waals surface area (Å²) < 4.78 is 14.0. The van der Waals surface area contributed by atoms with Gasteiger partial charge in [0.15, 0.2) is 10.8 Å². The third-order valence-electron chi connectivity index (χ3n) is 5.58. The first-order valence-electron chi connectivity index (χ1n) is 11.5. The summed E-state index contributed by atoms with van der Waals surface area (Å²) in [4.78, 5) is 53.2. The number of nitrogen functional groups attached to an aromatic ring is 1. The van der Waals surface area contributed by atoms with Crippen LogP contribution < -0.4 is 11.1 Å². The molecule has 1 saturated heterocycles. The van der Waals surface area contributed by atoms with Crippen LogP contribution in [0.25, 0.3) is 5.69 Å². The van der Waals surface area contributed by atoms with Gasteiger partial charge in [-0.15, -0.1) is 23.1 Å². The Morgan fingerprint density at radius 1 is 1.30 bits per heavy atom. The number of nitrogens with one attached hydrogen (secondary N) is 1. The SMILES string of the molecule is Nc1nc(/C(=N/OOCCF)C(=O)N[C@@H]2C(=O)N3C(C(=O)O)=C(Sc4ccnn4-c4ccccc4)CS[C@@H]23)cs1. The number of nitrogens with two attached hydrogens (primary N) is 1. The number of carboxylic acid groups (broad SMARTS) is 1. The Morgan fingerprint density at radius 2 is 2.10 bits per heavy atom. The number of aliphatic carboxylic acids is 1. The Morgan fingerprint density at radius 3 is 2.80 bits per heavy atom. The summed E-state index contributed by atoms with van der Waals surface area (Å²) in [5, 5.41) is 22.1. The van der Waals surface area contributed by atoms with E-state index in [9.17, 15) is 23.9 Å². The molecule has 4 heterocycles. The Bertz CT molecular complexity index is 1490. The van der Waals surface area contributed by atoms with Gasteiger partial charge in [0.2, 0.25) is 0 Å². The van der Waals surface area contributed by atoms with Crippen molar-refractivity contribution in [2.24, 2.45) is 5.16 Å². The molecule has 0 bridgehead atoms. The van der Waals surface area contributed by atoms with Crippen LogP contribution in [0.3, 0.4) is 0 Å². The molecule has 2 aliphatic heterocycles. The Kier molecular flexibility index (Phi) is 8.34. The van der Waals surface area contributed by atoms with Crippen molar-refractivity contribution in [2.45, 2.75) is 16.4 Å². The molecule has 0 radical (unpaired) electrons. The molecule has 0 unspecified atom stereocenters. The standard InChI is InChI=1S/C23H20FN7O6S3/c24-7-9-36-37-29-16(13-10-39-23(25)27-13)19(32)28-17-20(33)30-18(22(34)35)14(11-38-21(17)30)40-15-6-8-26-31(15)12-4-2-1-3-5-12/h1-6,8,10,17,21H,7,9,11H2,(H2,25,27)(H,28,32)(H,34,35)/b29-16-/t17-,21+/m1/s1. The number of carboxylic acids is 1. The van der Waals surface area contributed by atoms with Crippen LogP contribution in [0, 0.1) is 0 Å². The van der Waals surface area contributed by atoms with Crippen LogP contribution in [0.2, 0.25) is 0 Å². The number of para-hydroxylation sites is 1. The number of alkyl halides is 1. The van der Waals surface area contributed by atoms with Gasteiger partial charge < -0.3 is 16.2 Å². The number of benzene rings is 1. The smallest absolute Gasteiger partial charge is 0.353 e. The molecule has 40 heavy (non-hydrogen) atoms.